The molecule has 9 heteroatoms. The summed E-state index contributed by atoms with van der Waals surface area (Å²) in [4.78, 5) is 18.7. The summed E-state index contributed by atoms with van der Waals surface area (Å²) in [7, 11) is 3.87. The van der Waals surface area contributed by atoms with E-state index in [9.17, 15) is 0 Å². The molecule has 1 atom stereocenters. The predicted octanol–water partition coefficient (Wildman–Crippen LogP) is 1.47. The van der Waals surface area contributed by atoms with Gasteiger partial charge in [0, 0.05) is 6.42 Å². The molecule has 4 aromatic rings. The Kier molecular flexibility index (Phi) is 4.61. The minimum atomic E-state index is 0.203. The van der Waals surface area contributed by atoms with E-state index in [1.807, 2.05) is 24.3 Å². The summed E-state index contributed by atoms with van der Waals surface area (Å²) < 4.78 is 6.89. The second-order valence-corrected chi connectivity index (χ2v) is 8.22. The highest BCUT2D eigenvalue weighted by Crippen LogP contribution is 2.33. The number of rotatable bonds is 5. The molecule has 1 N–H and O–H groups in total. The molecule has 5 rings (SSSR count). The Morgan fingerprint density at radius 1 is 1.31 bits per heavy atom. The third-order valence-corrected chi connectivity index (χ3v) is 6.25. The summed E-state index contributed by atoms with van der Waals surface area (Å²) in [6, 6.07) is 7.58. The van der Waals surface area contributed by atoms with Gasteiger partial charge in [-0.25, -0.2) is 14.5 Å². The lowest BCUT2D eigenvalue weighted by Crippen LogP contribution is -3.08. The van der Waals surface area contributed by atoms with Crippen molar-refractivity contribution in [1.82, 2.24) is 19.6 Å². The average Bonchev–Trinajstić information content (AvgIpc) is 3.31. The highest BCUT2D eigenvalue weighted by atomic mass is 32.1. The number of benzene rings is 1. The van der Waals surface area contributed by atoms with Gasteiger partial charge in [-0.3, -0.25) is 0 Å². The van der Waals surface area contributed by atoms with Gasteiger partial charge in [0.1, 0.15) is 23.5 Å². The standard InChI is InChI=1S/C20H20N6O2S/c1-25-8-7-15-16(10-25)29-20-18(15)19-23-17(24-26(19)12-21-20)11-28-22-9-13-3-5-14(27-2)6-4-13/h3-6,9,12H,7-8,10-11H2,1-2H3/p+1/b22-9-. The molecule has 1 aliphatic heterocycles. The number of likely N-dealkylation sites (N-methyl/N-ethyl adjacent to an activating group) is 1. The molecule has 0 spiro atoms. The molecule has 4 heterocycles. The molecule has 1 aliphatic rings. The lowest BCUT2D eigenvalue weighted by molar-refractivity contribution is -0.895. The van der Waals surface area contributed by atoms with E-state index in [4.69, 9.17) is 14.6 Å². The third-order valence-electron chi connectivity index (χ3n) is 5.11. The van der Waals surface area contributed by atoms with E-state index >= 15 is 0 Å². The van der Waals surface area contributed by atoms with Gasteiger partial charge in [-0.15, -0.1) is 16.4 Å². The van der Waals surface area contributed by atoms with Crippen LogP contribution in [-0.4, -0.2) is 46.5 Å². The molecule has 8 nitrogen and oxygen atoms in total. The normalized spacial score (nSPS) is 16.6. The van der Waals surface area contributed by atoms with E-state index in [0.29, 0.717) is 5.82 Å². The van der Waals surface area contributed by atoms with Crippen molar-refractivity contribution in [3.63, 3.8) is 0 Å². The first-order valence-electron chi connectivity index (χ1n) is 9.46. The quantitative estimate of drug-likeness (QED) is 0.399. The van der Waals surface area contributed by atoms with Crippen LogP contribution in [0.1, 0.15) is 21.8 Å². The summed E-state index contributed by atoms with van der Waals surface area (Å²) in [5, 5.41) is 9.66. The van der Waals surface area contributed by atoms with E-state index in [1.54, 1.807) is 35.5 Å². The van der Waals surface area contributed by atoms with Crippen LogP contribution < -0.4 is 9.64 Å². The maximum atomic E-state index is 5.41. The summed E-state index contributed by atoms with van der Waals surface area (Å²) in [6.45, 7) is 2.38. The average molecular weight is 409 g/mol. The SMILES string of the molecule is COc1ccc(/C=N\OCc2nc3c4c5c(sc4ncn3n2)C[NH+](C)CC5)cc1. The Hall–Kier alpha value is -3.04. The number of oxime groups is 1. The highest BCUT2D eigenvalue weighted by Gasteiger charge is 2.24. The number of thiophene rings is 1. The molecule has 0 aliphatic carbocycles. The van der Waals surface area contributed by atoms with Gasteiger partial charge in [0.25, 0.3) is 0 Å². The first kappa shape index (κ1) is 18.0. The third kappa shape index (κ3) is 3.43. The molecular weight excluding hydrogens is 388 g/mol. The predicted molar refractivity (Wildman–Crippen MR) is 111 cm³/mol. The van der Waals surface area contributed by atoms with Crippen molar-refractivity contribution in [2.75, 3.05) is 20.7 Å². The number of nitrogens with one attached hydrogen (secondary N) is 1. The molecule has 148 valence electrons. The Morgan fingerprint density at radius 3 is 3.00 bits per heavy atom. The minimum absolute atomic E-state index is 0.203. The zero-order valence-electron chi connectivity index (χ0n) is 16.3. The van der Waals surface area contributed by atoms with Crippen LogP contribution in [0, 0.1) is 0 Å². The van der Waals surface area contributed by atoms with Crippen LogP contribution in [0.2, 0.25) is 0 Å². The molecule has 0 bridgehead atoms. The monoisotopic (exact) mass is 409 g/mol. The van der Waals surface area contributed by atoms with Crippen LogP contribution in [0.4, 0.5) is 0 Å². The molecule has 0 radical (unpaired) electrons. The molecule has 0 fully saturated rings. The molecule has 29 heavy (non-hydrogen) atoms. The molecular formula is C20H21N6O2S+. The van der Waals surface area contributed by atoms with Gasteiger partial charge in [-0.2, -0.15) is 0 Å². The summed E-state index contributed by atoms with van der Waals surface area (Å²) in [5.74, 6) is 1.39. The number of hydrogen-bond acceptors (Lipinski definition) is 7. The van der Waals surface area contributed by atoms with Gasteiger partial charge < -0.3 is 14.5 Å². The lowest BCUT2D eigenvalue weighted by Gasteiger charge is -2.19. The number of ether oxygens (including phenoxy) is 1. The van der Waals surface area contributed by atoms with Gasteiger partial charge in [0.15, 0.2) is 18.1 Å². The van der Waals surface area contributed by atoms with Gasteiger partial charge >= 0.3 is 0 Å². The number of fused-ring (bicyclic) bond motifs is 5. The van der Waals surface area contributed by atoms with E-state index in [2.05, 4.69) is 22.3 Å². The second-order valence-electron chi connectivity index (χ2n) is 7.14. The van der Waals surface area contributed by atoms with E-state index in [1.165, 1.54) is 15.3 Å². The van der Waals surface area contributed by atoms with Crippen molar-refractivity contribution < 1.29 is 14.5 Å². The first-order chi connectivity index (χ1) is 14.2. The number of quaternary nitrogens is 1. The topological polar surface area (TPSA) is 78.3 Å². The van der Waals surface area contributed by atoms with Crippen LogP contribution in [0.5, 0.6) is 5.75 Å². The van der Waals surface area contributed by atoms with Crippen molar-refractivity contribution in [3.8, 4) is 5.75 Å². The lowest BCUT2D eigenvalue weighted by atomic mass is 10.1. The van der Waals surface area contributed by atoms with Crippen LogP contribution in [-0.2, 0) is 24.4 Å². The van der Waals surface area contributed by atoms with E-state index in [-0.39, 0.29) is 6.61 Å². The van der Waals surface area contributed by atoms with Crippen molar-refractivity contribution in [1.29, 1.82) is 0 Å². The first-order valence-corrected chi connectivity index (χ1v) is 10.3. The maximum absolute atomic E-state index is 5.41. The largest absolute Gasteiger partial charge is 0.497 e. The highest BCUT2D eigenvalue weighted by molar-refractivity contribution is 7.19. The molecule has 0 saturated heterocycles. The fourth-order valence-electron chi connectivity index (χ4n) is 3.60. The Balaban J connectivity index is 1.35. The Labute approximate surface area is 171 Å². The fourth-order valence-corrected chi connectivity index (χ4v) is 4.89. The zero-order valence-corrected chi connectivity index (χ0v) is 17.1. The smallest absolute Gasteiger partial charge is 0.192 e. The molecule has 0 saturated carbocycles. The van der Waals surface area contributed by atoms with Crippen molar-refractivity contribution >= 4 is 33.4 Å². The molecule has 0 amide bonds. The van der Waals surface area contributed by atoms with Gasteiger partial charge in [0.2, 0.25) is 0 Å². The number of methoxy groups -OCH3 is 1. The summed E-state index contributed by atoms with van der Waals surface area (Å²) >= 11 is 1.77. The van der Waals surface area contributed by atoms with E-state index < -0.39 is 0 Å². The van der Waals surface area contributed by atoms with Crippen LogP contribution in [0.3, 0.4) is 0 Å². The molecule has 1 aromatic carbocycles. The minimum Gasteiger partial charge on any atom is -0.497 e. The Bertz CT molecular complexity index is 1200. The maximum Gasteiger partial charge on any atom is 0.192 e. The van der Waals surface area contributed by atoms with Gasteiger partial charge in [-0.05, 0) is 35.4 Å². The number of hydrogen-bond donors (Lipinski definition) is 1. The second kappa shape index (κ2) is 7.41. The molecule has 1 unspecified atom stereocenters. The van der Waals surface area contributed by atoms with Crippen LogP contribution in [0.15, 0.2) is 35.7 Å². The number of aromatic nitrogens is 4. The van der Waals surface area contributed by atoms with Crippen molar-refractivity contribution in [2.45, 2.75) is 19.6 Å². The fraction of sp³-hybridized carbons (Fsp3) is 0.300. The summed E-state index contributed by atoms with van der Waals surface area (Å²) in [5.41, 5.74) is 3.16. The van der Waals surface area contributed by atoms with Crippen LogP contribution in [0.25, 0.3) is 15.9 Å². The van der Waals surface area contributed by atoms with Crippen LogP contribution >= 0.6 is 11.3 Å². The van der Waals surface area contributed by atoms with Crippen molar-refractivity contribution in [2.24, 2.45) is 5.16 Å². The van der Waals surface area contributed by atoms with Gasteiger partial charge in [-0.1, -0.05) is 5.16 Å². The Morgan fingerprint density at radius 2 is 2.17 bits per heavy atom. The number of nitrogens with zero attached hydrogens (tertiary/aromatic N) is 5. The van der Waals surface area contributed by atoms with E-state index in [0.717, 1.165) is 46.7 Å². The molecule has 3 aromatic heterocycles. The van der Waals surface area contributed by atoms with Crippen molar-refractivity contribution in [3.05, 3.63) is 52.4 Å². The van der Waals surface area contributed by atoms with Gasteiger partial charge in [0.05, 0.1) is 37.2 Å². The summed E-state index contributed by atoms with van der Waals surface area (Å²) in [6.07, 6.45) is 4.43. The zero-order chi connectivity index (χ0) is 19.8.